The molecule has 0 amide bonds. The van der Waals surface area contributed by atoms with Crippen molar-refractivity contribution < 1.29 is 22.6 Å². The summed E-state index contributed by atoms with van der Waals surface area (Å²) in [4.78, 5) is 0. The van der Waals surface area contributed by atoms with Crippen molar-refractivity contribution in [2.75, 3.05) is 13.1 Å². The molecule has 0 heterocycles. The monoisotopic (exact) mass is 291 g/mol. The Morgan fingerprint density at radius 3 is 2.20 bits per heavy atom. The molecule has 1 unspecified atom stereocenters. The van der Waals surface area contributed by atoms with Crippen LogP contribution in [-0.4, -0.2) is 25.6 Å². The summed E-state index contributed by atoms with van der Waals surface area (Å²) in [5.41, 5.74) is 0. The van der Waals surface area contributed by atoms with Crippen molar-refractivity contribution in [3.63, 3.8) is 0 Å². The molecule has 1 rings (SSSR count). The Balaban J connectivity index is 2.58. The van der Waals surface area contributed by atoms with Crippen LogP contribution in [-0.2, 0) is 0 Å². The number of ether oxygens (including phenoxy) is 2. The fourth-order valence-electron chi connectivity index (χ4n) is 1.59. The lowest BCUT2D eigenvalue weighted by Gasteiger charge is -2.19. The summed E-state index contributed by atoms with van der Waals surface area (Å²) in [5, 5.41) is 3.18. The number of rotatable bonds is 7. The highest BCUT2D eigenvalue weighted by Crippen LogP contribution is 2.32. The largest absolute Gasteiger partial charge is 0.573 e. The average Bonchev–Trinajstić information content (AvgIpc) is 2.29. The van der Waals surface area contributed by atoms with Crippen molar-refractivity contribution in [1.29, 1.82) is 0 Å². The van der Waals surface area contributed by atoms with Crippen LogP contribution in [0.2, 0.25) is 0 Å². The lowest BCUT2D eigenvalue weighted by atomic mass is 10.2. The number of hydrogen-bond donors (Lipinski definition) is 1. The standard InChI is InChI=1S/C14H20F3NO2/c1-10(2)8-18-9-11(3)19-12-6-4-5-7-13(12)20-14(15,16)17/h4-7,10-11,18H,8-9H2,1-3H3. The van der Waals surface area contributed by atoms with Gasteiger partial charge in [0.1, 0.15) is 6.10 Å². The van der Waals surface area contributed by atoms with Crippen LogP contribution in [0, 0.1) is 5.92 Å². The first-order valence-electron chi connectivity index (χ1n) is 6.50. The molecule has 0 fully saturated rings. The van der Waals surface area contributed by atoms with Gasteiger partial charge >= 0.3 is 6.36 Å². The SMILES string of the molecule is CC(C)CNCC(C)Oc1ccccc1OC(F)(F)F. The van der Waals surface area contributed by atoms with E-state index in [9.17, 15) is 13.2 Å². The number of benzene rings is 1. The summed E-state index contributed by atoms with van der Waals surface area (Å²) in [6.45, 7) is 7.32. The molecule has 0 aliphatic carbocycles. The molecule has 0 saturated carbocycles. The van der Waals surface area contributed by atoms with Gasteiger partial charge in [0.25, 0.3) is 0 Å². The highest BCUT2D eigenvalue weighted by molar-refractivity contribution is 5.39. The van der Waals surface area contributed by atoms with Gasteiger partial charge in [-0.1, -0.05) is 26.0 Å². The van der Waals surface area contributed by atoms with E-state index in [1.807, 2.05) is 0 Å². The second-order valence-electron chi connectivity index (χ2n) is 4.98. The van der Waals surface area contributed by atoms with Gasteiger partial charge in [-0.25, -0.2) is 0 Å². The van der Waals surface area contributed by atoms with Crippen LogP contribution in [0.4, 0.5) is 13.2 Å². The molecule has 0 aliphatic rings. The first-order chi connectivity index (χ1) is 9.28. The zero-order chi connectivity index (χ0) is 15.2. The van der Waals surface area contributed by atoms with E-state index >= 15 is 0 Å². The van der Waals surface area contributed by atoms with E-state index in [0.717, 1.165) is 6.54 Å². The minimum Gasteiger partial charge on any atom is -0.485 e. The second-order valence-corrected chi connectivity index (χ2v) is 4.98. The third-order valence-electron chi connectivity index (χ3n) is 2.39. The summed E-state index contributed by atoms with van der Waals surface area (Å²) in [6.07, 6.45) is -4.98. The second kappa shape index (κ2) is 7.38. The summed E-state index contributed by atoms with van der Waals surface area (Å²) in [5.74, 6) is 0.266. The zero-order valence-corrected chi connectivity index (χ0v) is 11.8. The van der Waals surface area contributed by atoms with Crippen LogP contribution in [0.25, 0.3) is 0 Å². The molecule has 0 spiro atoms. The molecule has 1 N–H and O–H groups in total. The highest BCUT2D eigenvalue weighted by atomic mass is 19.4. The quantitative estimate of drug-likeness (QED) is 0.832. The van der Waals surface area contributed by atoms with E-state index in [0.29, 0.717) is 12.5 Å². The van der Waals surface area contributed by atoms with E-state index in [2.05, 4.69) is 23.9 Å². The molecule has 0 aliphatic heterocycles. The van der Waals surface area contributed by atoms with Crippen LogP contribution >= 0.6 is 0 Å². The van der Waals surface area contributed by atoms with E-state index in [-0.39, 0.29) is 17.6 Å². The van der Waals surface area contributed by atoms with E-state index < -0.39 is 6.36 Å². The molecule has 6 heteroatoms. The van der Waals surface area contributed by atoms with Crippen molar-refractivity contribution in [1.82, 2.24) is 5.32 Å². The Labute approximate surface area is 117 Å². The van der Waals surface area contributed by atoms with Gasteiger partial charge in [0.2, 0.25) is 0 Å². The van der Waals surface area contributed by atoms with E-state index in [1.54, 1.807) is 13.0 Å². The molecule has 1 aromatic rings. The molecule has 0 saturated heterocycles. The van der Waals surface area contributed by atoms with Gasteiger partial charge < -0.3 is 14.8 Å². The fourth-order valence-corrected chi connectivity index (χ4v) is 1.59. The first kappa shape index (κ1) is 16.6. The Morgan fingerprint density at radius 1 is 1.05 bits per heavy atom. The molecule has 1 aromatic carbocycles. The Hall–Kier alpha value is -1.43. The zero-order valence-electron chi connectivity index (χ0n) is 11.8. The molecule has 1 atom stereocenters. The van der Waals surface area contributed by atoms with Gasteiger partial charge in [-0.2, -0.15) is 0 Å². The Morgan fingerprint density at radius 2 is 1.65 bits per heavy atom. The lowest BCUT2D eigenvalue weighted by Crippen LogP contribution is -2.31. The maximum Gasteiger partial charge on any atom is 0.573 e. The van der Waals surface area contributed by atoms with Crippen LogP contribution in [0.1, 0.15) is 20.8 Å². The van der Waals surface area contributed by atoms with E-state index in [1.165, 1.54) is 18.2 Å². The van der Waals surface area contributed by atoms with E-state index in [4.69, 9.17) is 4.74 Å². The van der Waals surface area contributed by atoms with Crippen molar-refractivity contribution in [2.45, 2.75) is 33.2 Å². The molecule has 114 valence electrons. The van der Waals surface area contributed by atoms with Gasteiger partial charge in [-0.05, 0) is 31.5 Å². The summed E-state index contributed by atoms with van der Waals surface area (Å²) in [6, 6.07) is 5.76. The lowest BCUT2D eigenvalue weighted by molar-refractivity contribution is -0.275. The summed E-state index contributed by atoms with van der Waals surface area (Å²) < 4.78 is 46.2. The Kier molecular flexibility index (Phi) is 6.13. The van der Waals surface area contributed by atoms with Gasteiger partial charge in [0.15, 0.2) is 11.5 Å². The van der Waals surface area contributed by atoms with Crippen molar-refractivity contribution in [3.8, 4) is 11.5 Å². The maximum atomic E-state index is 12.3. The number of hydrogen-bond acceptors (Lipinski definition) is 3. The Bertz CT molecular complexity index is 408. The normalized spacial score (nSPS) is 13.3. The number of para-hydroxylation sites is 2. The topological polar surface area (TPSA) is 30.5 Å². The predicted octanol–water partition coefficient (Wildman–Crippen LogP) is 3.60. The van der Waals surface area contributed by atoms with Crippen molar-refractivity contribution in [2.24, 2.45) is 5.92 Å². The third kappa shape index (κ3) is 6.65. The highest BCUT2D eigenvalue weighted by Gasteiger charge is 2.32. The summed E-state index contributed by atoms with van der Waals surface area (Å²) in [7, 11) is 0. The average molecular weight is 291 g/mol. The van der Waals surface area contributed by atoms with Crippen LogP contribution < -0.4 is 14.8 Å². The molecular weight excluding hydrogens is 271 g/mol. The molecule has 0 aromatic heterocycles. The van der Waals surface area contributed by atoms with Gasteiger partial charge in [-0.3, -0.25) is 0 Å². The minimum atomic E-state index is -4.72. The molecule has 0 radical (unpaired) electrons. The molecule has 3 nitrogen and oxygen atoms in total. The predicted molar refractivity (Wildman–Crippen MR) is 70.9 cm³/mol. The fraction of sp³-hybridized carbons (Fsp3) is 0.571. The third-order valence-corrected chi connectivity index (χ3v) is 2.39. The van der Waals surface area contributed by atoms with Crippen molar-refractivity contribution in [3.05, 3.63) is 24.3 Å². The maximum absolute atomic E-state index is 12.3. The first-order valence-corrected chi connectivity index (χ1v) is 6.50. The van der Waals surface area contributed by atoms with Gasteiger partial charge in [-0.15, -0.1) is 13.2 Å². The molecule has 20 heavy (non-hydrogen) atoms. The smallest absolute Gasteiger partial charge is 0.485 e. The van der Waals surface area contributed by atoms with Gasteiger partial charge in [0.05, 0.1) is 0 Å². The molecular formula is C14H20F3NO2. The minimum absolute atomic E-state index is 0.0867. The van der Waals surface area contributed by atoms with Gasteiger partial charge in [0, 0.05) is 6.54 Å². The van der Waals surface area contributed by atoms with Crippen LogP contribution in [0.5, 0.6) is 11.5 Å². The summed E-state index contributed by atoms with van der Waals surface area (Å²) >= 11 is 0. The number of nitrogens with one attached hydrogen (secondary N) is 1. The van der Waals surface area contributed by atoms with Crippen molar-refractivity contribution >= 4 is 0 Å². The number of alkyl halides is 3. The number of halogens is 3. The van der Waals surface area contributed by atoms with Crippen LogP contribution in [0.15, 0.2) is 24.3 Å². The molecule has 0 bridgehead atoms. The van der Waals surface area contributed by atoms with Crippen LogP contribution in [0.3, 0.4) is 0 Å².